The average molecular weight is 527 g/mol. The first-order valence-electron chi connectivity index (χ1n) is 10.6. The lowest BCUT2D eigenvalue weighted by Crippen LogP contribution is -2.43. The minimum atomic E-state index is -3.89. The summed E-state index contributed by atoms with van der Waals surface area (Å²) in [6.45, 7) is 0.234. The minimum Gasteiger partial charge on any atom is -0.495 e. The van der Waals surface area contributed by atoms with Crippen molar-refractivity contribution in [2.24, 2.45) is 5.92 Å². The van der Waals surface area contributed by atoms with Crippen molar-refractivity contribution in [1.29, 1.82) is 0 Å². The van der Waals surface area contributed by atoms with Crippen molar-refractivity contribution in [2.75, 3.05) is 46.8 Å². The van der Waals surface area contributed by atoms with Gasteiger partial charge in [-0.1, -0.05) is 11.6 Å². The van der Waals surface area contributed by atoms with Gasteiger partial charge in [0.2, 0.25) is 15.9 Å². The highest BCUT2D eigenvalue weighted by atomic mass is 35.5. The normalized spacial score (nSPS) is 16.3. The number of sulfonamides is 1. The van der Waals surface area contributed by atoms with Gasteiger partial charge in [0.1, 0.15) is 5.75 Å². The average Bonchev–Trinajstić information content (AvgIpc) is 2.87. The van der Waals surface area contributed by atoms with Gasteiger partial charge in [0, 0.05) is 25.2 Å². The van der Waals surface area contributed by atoms with Gasteiger partial charge in [-0.05, 0) is 31.0 Å². The summed E-state index contributed by atoms with van der Waals surface area (Å²) in [5.41, 5.74) is 0.244. The largest absolute Gasteiger partial charge is 0.495 e. The lowest BCUT2D eigenvalue weighted by Gasteiger charge is -2.31. The first kappa shape index (κ1) is 26.6. The van der Waals surface area contributed by atoms with Crippen LogP contribution < -0.4 is 19.5 Å². The number of piperidine rings is 1. The Kier molecular flexibility index (Phi) is 8.47. The van der Waals surface area contributed by atoms with E-state index in [-0.39, 0.29) is 34.3 Å². The summed E-state index contributed by atoms with van der Waals surface area (Å²) in [7, 11) is 1.62. The highest BCUT2D eigenvalue weighted by Crippen LogP contribution is 2.35. The number of methoxy groups -OCH3 is 4. The van der Waals surface area contributed by atoms with Crippen molar-refractivity contribution in [3.63, 3.8) is 0 Å². The molecule has 0 aliphatic carbocycles. The first-order valence-corrected chi connectivity index (χ1v) is 12.5. The Morgan fingerprint density at radius 1 is 1.00 bits per heavy atom. The van der Waals surface area contributed by atoms with E-state index in [1.165, 1.54) is 63.1 Å². The summed E-state index contributed by atoms with van der Waals surface area (Å²) in [6, 6.07) is 7.08. The van der Waals surface area contributed by atoms with E-state index in [2.05, 4.69) is 5.32 Å². The quantitative estimate of drug-likeness (QED) is 0.521. The van der Waals surface area contributed by atoms with Gasteiger partial charge in [0.25, 0.3) is 0 Å². The molecule has 2 aromatic carbocycles. The van der Waals surface area contributed by atoms with Crippen molar-refractivity contribution in [2.45, 2.75) is 17.7 Å². The molecule has 0 spiro atoms. The van der Waals surface area contributed by atoms with Crippen molar-refractivity contribution >= 4 is 39.2 Å². The summed E-state index contributed by atoms with van der Waals surface area (Å²) in [4.78, 5) is 25.4. The molecule has 1 aliphatic rings. The molecule has 3 rings (SSSR count). The zero-order valence-electron chi connectivity index (χ0n) is 19.8. The van der Waals surface area contributed by atoms with Gasteiger partial charge in [0.05, 0.1) is 55.5 Å². The Labute approximate surface area is 209 Å². The standard InChI is InChI=1S/C23H27ClN2O8S/c1-31-19-8-7-15(10-17(19)24)35(29,30)26-9-5-6-14(13-26)22(27)25-18-12-21(33-3)20(32-2)11-16(18)23(28)34-4/h7-8,10-12,14H,5-6,9,13H2,1-4H3,(H,25,27)/t14-/m0/s1. The number of hydrogen-bond donors (Lipinski definition) is 1. The number of benzene rings is 2. The van der Waals surface area contributed by atoms with Crippen LogP contribution in [0.25, 0.3) is 0 Å². The van der Waals surface area contributed by atoms with Gasteiger partial charge >= 0.3 is 5.97 Å². The molecule has 35 heavy (non-hydrogen) atoms. The molecule has 2 aromatic rings. The Morgan fingerprint density at radius 2 is 1.66 bits per heavy atom. The summed E-state index contributed by atoms with van der Waals surface area (Å²) in [5, 5.41) is 2.89. The molecule has 12 heteroatoms. The van der Waals surface area contributed by atoms with E-state index in [0.29, 0.717) is 30.1 Å². The van der Waals surface area contributed by atoms with Crippen LogP contribution in [-0.2, 0) is 19.6 Å². The van der Waals surface area contributed by atoms with Crippen LogP contribution in [-0.4, -0.2) is 66.1 Å². The van der Waals surface area contributed by atoms with Crippen molar-refractivity contribution < 1.29 is 37.0 Å². The molecule has 0 aromatic heterocycles. The molecule has 10 nitrogen and oxygen atoms in total. The highest BCUT2D eigenvalue weighted by molar-refractivity contribution is 7.89. The maximum Gasteiger partial charge on any atom is 0.340 e. The molecule has 1 atom stereocenters. The van der Waals surface area contributed by atoms with Crippen molar-refractivity contribution in [3.05, 3.63) is 40.9 Å². The Hall–Kier alpha value is -3.02. The zero-order valence-corrected chi connectivity index (χ0v) is 21.4. The third-order valence-electron chi connectivity index (χ3n) is 5.70. The molecule has 1 amide bonds. The predicted molar refractivity (Wildman–Crippen MR) is 129 cm³/mol. The Bertz CT molecular complexity index is 1220. The van der Waals surface area contributed by atoms with E-state index < -0.39 is 27.8 Å². The molecule has 1 N–H and O–H groups in total. The molecule has 0 radical (unpaired) electrons. The fourth-order valence-electron chi connectivity index (χ4n) is 3.83. The number of ether oxygens (including phenoxy) is 4. The van der Waals surface area contributed by atoms with Gasteiger partial charge in [-0.25, -0.2) is 13.2 Å². The fraction of sp³-hybridized carbons (Fsp3) is 0.391. The lowest BCUT2D eigenvalue weighted by molar-refractivity contribution is -0.120. The molecular weight excluding hydrogens is 500 g/mol. The molecular formula is C23H27ClN2O8S. The van der Waals surface area contributed by atoms with Crippen LogP contribution in [0.15, 0.2) is 35.2 Å². The Morgan fingerprint density at radius 3 is 2.26 bits per heavy atom. The summed E-state index contributed by atoms with van der Waals surface area (Å²) < 4.78 is 48.1. The number of anilines is 1. The van der Waals surface area contributed by atoms with Crippen LogP contribution >= 0.6 is 11.6 Å². The maximum atomic E-state index is 13.2. The number of amides is 1. The van der Waals surface area contributed by atoms with Crippen LogP contribution in [0, 0.1) is 5.92 Å². The molecule has 0 bridgehead atoms. The topological polar surface area (TPSA) is 120 Å². The maximum absolute atomic E-state index is 13.2. The van der Waals surface area contributed by atoms with Gasteiger partial charge in [0.15, 0.2) is 11.5 Å². The van der Waals surface area contributed by atoms with Gasteiger partial charge in [-0.15, -0.1) is 0 Å². The summed E-state index contributed by atoms with van der Waals surface area (Å²) >= 11 is 6.11. The van der Waals surface area contributed by atoms with E-state index in [9.17, 15) is 18.0 Å². The summed E-state index contributed by atoms with van der Waals surface area (Å²) in [6.07, 6.45) is 0.957. The van der Waals surface area contributed by atoms with E-state index in [1.807, 2.05) is 0 Å². The van der Waals surface area contributed by atoms with Crippen LogP contribution in [0.5, 0.6) is 17.2 Å². The molecule has 1 heterocycles. The zero-order chi connectivity index (χ0) is 25.8. The van der Waals surface area contributed by atoms with Gasteiger partial charge in [-0.2, -0.15) is 4.31 Å². The van der Waals surface area contributed by atoms with E-state index >= 15 is 0 Å². The number of nitrogens with one attached hydrogen (secondary N) is 1. The fourth-order valence-corrected chi connectivity index (χ4v) is 5.70. The number of rotatable bonds is 8. The number of carbonyl (C=O) groups excluding carboxylic acids is 2. The number of esters is 1. The molecule has 1 aliphatic heterocycles. The number of hydrogen-bond acceptors (Lipinski definition) is 8. The number of halogens is 1. The molecule has 1 saturated heterocycles. The van der Waals surface area contributed by atoms with Crippen LogP contribution in [0.3, 0.4) is 0 Å². The second-order valence-electron chi connectivity index (χ2n) is 7.73. The third-order valence-corrected chi connectivity index (χ3v) is 7.86. The first-order chi connectivity index (χ1) is 16.7. The summed E-state index contributed by atoms with van der Waals surface area (Å²) in [5.74, 6) is -0.803. The monoisotopic (exact) mass is 526 g/mol. The molecule has 0 unspecified atom stereocenters. The van der Waals surface area contributed by atoms with Crippen LogP contribution in [0.1, 0.15) is 23.2 Å². The third kappa shape index (κ3) is 5.63. The van der Waals surface area contributed by atoms with E-state index in [1.54, 1.807) is 0 Å². The molecule has 0 saturated carbocycles. The van der Waals surface area contributed by atoms with Gasteiger partial charge in [-0.3, -0.25) is 4.79 Å². The Balaban J connectivity index is 1.84. The second kappa shape index (κ2) is 11.1. The van der Waals surface area contributed by atoms with Crippen LogP contribution in [0.4, 0.5) is 5.69 Å². The van der Waals surface area contributed by atoms with Crippen molar-refractivity contribution in [3.8, 4) is 17.2 Å². The van der Waals surface area contributed by atoms with E-state index in [4.69, 9.17) is 30.5 Å². The predicted octanol–water partition coefficient (Wildman–Crippen LogP) is 3.19. The van der Waals surface area contributed by atoms with Crippen LogP contribution in [0.2, 0.25) is 5.02 Å². The lowest BCUT2D eigenvalue weighted by atomic mass is 9.98. The van der Waals surface area contributed by atoms with Crippen molar-refractivity contribution in [1.82, 2.24) is 4.31 Å². The number of nitrogens with zero attached hydrogens (tertiary/aromatic N) is 1. The molecule has 1 fully saturated rings. The SMILES string of the molecule is COC(=O)c1cc(OC)c(OC)cc1NC(=O)[C@H]1CCCN(S(=O)(=O)c2ccc(OC)c(Cl)c2)C1. The van der Waals surface area contributed by atoms with Gasteiger partial charge < -0.3 is 24.3 Å². The number of carbonyl (C=O) groups is 2. The highest BCUT2D eigenvalue weighted by Gasteiger charge is 2.34. The smallest absolute Gasteiger partial charge is 0.340 e. The minimum absolute atomic E-state index is 0.0113. The second-order valence-corrected chi connectivity index (χ2v) is 10.1. The molecule has 190 valence electrons. The van der Waals surface area contributed by atoms with E-state index in [0.717, 1.165) is 0 Å².